The van der Waals surface area contributed by atoms with Crippen LogP contribution in [-0.4, -0.2) is 10.0 Å². The van der Waals surface area contributed by atoms with E-state index in [4.69, 9.17) is 4.74 Å². The van der Waals surface area contributed by atoms with Crippen molar-refractivity contribution in [2.24, 2.45) is 0 Å². The fourth-order valence-corrected chi connectivity index (χ4v) is 2.16. The van der Waals surface area contributed by atoms with Crippen molar-refractivity contribution in [1.29, 1.82) is 0 Å². The Bertz CT molecular complexity index is 678. The van der Waals surface area contributed by atoms with Crippen LogP contribution in [0.3, 0.4) is 0 Å². The van der Waals surface area contributed by atoms with Gasteiger partial charge in [0, 0.05) is 17.7 Å². The van der Waals surface area contributed by atoms with Crippen LogP contribution in [0.5, 0.6) is 5.75 Å². The lowest BCUT2D eigenvalue weighted by Crippen LogP contribution is -2.00. The Labute approximate surface area is 128 Å². The smallest absolute Gasteiger partial charge is 0.270 e. The summed E-state index contributed by atoms with van der Waals surface area (Å²) in [6.45, 7) is -0.214. The van der Waals surface area contributed by atoms with Gasteiger partial charge >= 0.3 is 0 Å². The molecule has 0 aliphatic heterocycles. The summed E-state index contributed by atoms with van der Waals surface area (Å²) in [6.07, 6.45) is 0. The number of hydrogen-bond donors (Lipinski definition) is 1. The number of ether oxygens (including phenoxy) is 1. The molecule has 0 spiro atoms. The molecule has 1 N–H and O–H groups in total. The molecular formula is C14H11BrFNO4. The molecule has 0 fully saturated rings. The monoisotopic (exact) mass is 355 g/mol. The summed E-state index contributed by atoms with van der Waals surface area (Å²) < 4.78 is 19.0. The zero-order chi connectivity index (χ0) is 15.4. The maximum Gasteiger partial charge on any atom is 0.270 e. The Balaban J connectivity index is 2.15. The first-order valence-electron chi connectivity index (χ1n) is 5.96. The average molecular weight is 356 g/mol. The van der Waals surface area contributed by atoms with E-state index >= 15 is 0 Å². The number of halogens is 2. The largest absolute Gasteiger partial charge is 0.489 e. The first-order chi connectivity index (χ1) is 10.0. The number of nitro groups is 1. The second-order valence-corrected chi connectivity index (χ2v) is 5.10. The van der Waals surface area contributed by atoms with E-state index in [-0.39, 0.29) is 24.7 Å². The van der Waals surface area contributed by atoms with E-state index < -0.39 is 4.92 Å². The van der Waals surface area contributed by atoms with E-state index in [0.29, 0.717) is 15.8 Å². The number of nitro benzene ring substituents is 1. The van der Waals surface area contributed by atoms with E-state index in [1.165, 1.54) is 24.3 Å². The molecule has 0 aliphatic carbocycles. The van der Waals surface area contributed by atoms with Crippen LogP contribution in [0, 0.1) is 15.9 Å². The first kappa shape index (κ1) is 15.4. The highest BCUT2D eigenvalue weighted by Crippen LogP contribution is 2.25. The number of nitrogens with zero attached hydrogens (tertiary/aromatic N) is 1. The van der Waals surface area contributed by atoms with Crippen LogP contribution in [0.15, 0.2) is 40.9 Å². The van der Waals surface area contributed by atoms with Gasteiger partial charge in [-0.05, 0) is 39.7 Å². The van der Waals surface area contributed by atoms with Gasteiger partial charge in [-0.2, -0.15) is 0 Å². The van der Waals surface area contributed by atoms with Crippen molar-refractivity contribution in [3.8, 4) is 5.75 Å². The number of rotatable bonds is 5. The van der Waals surface area contributed by atoms with E-state index in [1.54, 1.807) is 12.1 Å². The van der Waals surface area contributed by atoms with Gasteiger partial charge in [0.05, 0.1) is 16.0 Å². The summed E-state index contributed by atoms with van der Waals surface area (Å²) in [4.78, 5) is 10.1. The van der Waals surface area contributed by atoms with Gasteiger partial charge in [-0.1, -0.05) is 6.07 Å². The van der Waals surface area contributed by atoms with Crippen LogP contribution in [0.25, 0.3) is 0 Å². The third-order valence-electron chi connectivity index (χ3n) is 2.80. The molecule has 0 saturated carbocycles. The molecule has 21 heavy (non-hydrogen) atoms. The van der Waals surface area contributed by atoms with Crippen LogP contribution in [0.2, 0.25) is 0 Å². The van der Waals surface area contributed by atoms with Crippen LogP contribution in [-0.2, 0) is 13.2 Å². The van der Waals surface area contributed by atoms with E-state index in [0.717, 1.165) is 5.56 Å². The molecule has 0 bridgehead atoms. The first-order valence-corrected chi connectivity index (χ1v) is 6.75. The van der Waals surface area contributed by atoms with Crippen molar-refractivity contribution < 1.29 is 19.2 Å². The fraction of sp³-hybridized carbons (Fsp3) is 0.143. The molecule has 0 aromatic heterocycles. The number of aliphatic hydroxyl groups excluding tert-OH is 1. The zero-order valence-electron chi connectivity index (χ0n) is 10.8. The second kappa shape index (κ2) is 6.64. The van der Waals surface area contributed by atoms with Gasteiger partial charge in [0.25, 0.3) is 5.69 Å². The topological polar surface area (TPSA) is 72.6 Å². The SMILES string of the molecule is O=[N+]([O-])c1ccc(OCc2ccc(F)c(Br)c2)c(CO)c1. The Kier molecular flexibility index (Phi) is 4.87. The maximum atomic E-state index is 13.1. The fourth-order valence-electron chi connectivity index (χ4n) is 1.73. The van der Waals surface area contributed by atoms with Crippen molar-refractivity contribution in [2.75, 3.05) is 0 Å². The van der Waals surface area contributed by atoms with Gasteiger partial charge in [-0.25, -0.2) is 4.39 Å². The molecule has 2 aromatic rings. The van der Waals surface area contributed by atoms with Crippen molar-refractivity contribution in [3.05, 3.63) is 67.9 Å². The van der Waals surface area contributed by atoms with Crippen molar-refractivity contribution in [3.63, 3.8) is 0 Å². The Morgan fingerprint density at radius 3 is 2.67 bits per heavy atom. The highest BCUT2D eigenvalue weighted by Gasteiger charge is 2.11. The number of non-ortho nitro benzene ring substituents is 1. The summed E-state index contributed by atoms with van der Waals surface area (Å²) in [5, 5.41) is 19.9. The van der Waals surface area contributed by atoms with Crippen LogP contribution in [0.1, 0.15) is 11.1 Å². The number of benzene rings is 2. The quantitative estimate of drug-likeness (QED) is 0.657. The highest BCUT2D eigenvalue weighted by molar-refractivity contribution is 9.10. The molecule has 0 saturated heterocycles. The van der Waals surface area contributed by atoms with E-state index in [1.807, 2.05) is 0 Å². The van der Waals surface area contributed by atoms with Crippen molar-refractivity contribution in [2.45, 2.75) is 13.2 Å². The Morgan fingerprint density at radius 2 is 2.05 bits per heavy atom. The minimum atomic E-state index is -0.542. The van der Waals surface area contributed by atoms with Gasteiger partial charge < -0.3 is 9.84 Å². The summed E-state index contributed by atoms with van der Waals surface area (Å²) in [7, 11) is 0. The molecule has 0 atom stereocenters. The lowest BCUT2D eigenvalue weighted by Gasteiger charge is -2.10. The lowest BCUT2D eigenvalue weighted by molar-refractivity contribution is -0.385. The van der Waals surface area contributed by atoms with Gasteiger partial charge in [-0.15, -0.1) is 0 Å². The molecule has 2 rings (SSSR count). The third kappa shape index (κ3) is 3.77. The predicted octanol–water partition coefficient (Wildman–Crippen LogP) is 3.57. The van der Waals surface area contributed by atoms with Gasteiger partial charge in [-0.3, -0.25) is 10.1 Å². The molecule has 0 amide bonds. The Hall–Kier alpha value is -1.99. The van der Waals surface area contributed by atoms with Crippen LogP contribution >= 0.6 is 15.9 Å². The third-order valence-corrected chi connectivity index (χ3v) is 3.41. The molecular weight excluding hydrogens is 345 g/mol. The van der Waals surface area contributed by atoms with Crippen LogP contribution in [0.4, 0.5) is 10.1 Å². The van der Waals surface area contributed by atoms with E-state index in [2.05, 4.69) is 15.9 Å². The summed E-state index contributed by atoms with van der Waals surface area (Å²) in [5.74, 6) is -0.0197. The summed E-state index contributed by atoms with van der Waals surface area (Å²) in [6, 6.07) is 8.46. The molecule has 0 unspecified atom stereocenters. The zero-order valence-corrected chi connectivity index (χ0v) is 12.3. The molecule has 0 heterocycles. The molecule has 0 radical (unpaired) electrons. The van der Waals surface area contributed by atoms with Gasteiger partial charge in [0.1, 0.15) is 18.2 Å². The average Bonchev–Trinajstić information content (AvgIpc) is 2.48. The number of aliphatic hydroxyl groups is 1. The second-order valence-electron chi connectivity index (χ2n) is 4.24. The van der Waals surface area contributed by atoms with Crippen molar-refractivity contribution >= 4 is 21.6 Å². The summed E-state index contributed by atoms with van der Waals surface area (Å²) in [5.41, 5.74) is 0.937. The van der Waals surface area contributed by atoms with Gasteiger partial charge in [0.15, 0.2) is 0 Å². The molecule has 7 heteroatoms. The molecule has 2 aromatic carbocycles. The lowest BCUT2D eigenvalue weighted by atomic mass is 10.2. The minimum absolute atomic E-state index is 0.115. The summed E-state index contributed by atoms with van der Waals surface area (Å²) >= 11 is 3.08. The molecule has 5 nitrogen and oxygen atoms in total. The van der Waals surface area contributed by atoms with Crippen LogP contribution < -0.4 is 4.74 Å². The van der Waals surface area contributed by atoms with Gasteiger partial charge in [0.2, 0.25) is 0 Å². The highest BCUT2D eigenvalue weighted by atomic mass is 79.9. The molecule has 110 valence electrons. The Morgan fingerprint density at radius 1 is 1.29 bits per heavy atom. The maximum absolute atomic E-state index is 13.1. The number of hydrogen-bond acceptors (Lipinski definition) is 4. The normalized spacial score (nSPS) is 10.4. The van der Waals surface area contributed by atoms with E-state index in [9.17, 15) is 19.6 Å². The van der Waals surface area contributed by atoms with Crippen molar-refractivity contribution in [1.82, 2.24) is 0 Å². The minimum Gasteiger partial charge on any atom is -0.489 e. The molecule has 0 aliphatic rings. The predicted molar refractivity (Wildman–Crippen MR) is 77.5 cm³/mol. The standard InChI is InChI=1S/C14H11BrFNO4/c15-12-5-9(1-3-13(12)16)8-21-14-4-2-11(17(19)20)6-10(14)7-18/h1-6,18H,7-8H2.